The Morgan fingerprint density at radius 2 is 1.83 bits per heavy atom. The van der Waals surface area contributed by atoms with E-state index in [1.807, 2.05) is 24.0 Å². The summed E-state index contributed by atoms with van der Waals surface area (Å²) >= 11 is 0. The summed E-state index contributed by atoms with van der Waals surface area (Å²) in [4.78, 5) is 28.5. The standard InChI is InChI=1S/C22H31N5O2/c1-3-21(28)27-12-10-26(11-13-27)18-8-6-16(7-9-18)15(2)22(29)23-20-14-19(24-25-20)17-4-5-17/h3,6-9,15,17,19-20,24-25H,1,4-5,10-14H2,2H3,(H,23,29). The van der Waals surface area contributed by atoms with Crippen LogP contribution in [0.5, 0.6) is 0 Å². The second-order valence-corrected chi connectivity index (χ2v) is 8.36. The largest absolute Gasteiger partial charge is 0.368 e. The molecule has 4 rings (SSSR count). The molecular formula is C22H31N5O2. The molecule has 2 saturated heterocycles. The zero-order valence-electron chi connectivity index (χ0n) is 17.1. The summed E-state index contributed by atoms with van der Waals surface area (Å²) in [5.41, 5.74) is 8.66. The minimum atomic E-state index is -0.201. The van der Waals surface area contributed by atoms with Crippen molar-refractivity contribution in [2.45, 2.75) is 44.3 Å². The van der Waals surface area contributed by atoms with Crippen molar-refractivity contribution in [3.05, 3.63) is 42.5 Å². The molecule has 3 atom stereocenters. The fourth-order valence-corrected chi connectivity index (χ4v) is 4.22. The first-order chi connectivity index (χ1) is 14.0. The third kappa shape index (κ3) is 4.62. The van der Waals surface area contributed by atoms with Gasteiger partial charge >= 0.3 is 0 Å². The summed E-state index contributed by atoms with van der Waals surface area (Å²) < 4.78 is 0. The van der Waals surface area contributed by atoms with Gasteiger partial charge in [0.2, 0.25) is 11.8 Å². The third-order valence-corrected chi connectivity index (χ3v) is 6.36. The van der Waals surface area contributed by atoms with Crippen molar-refractivity contribution >= 4 is 17.5 Å². The lowest BCUT2D eigenvalue weighted by atomic mass is 9.99. The van der Waals surface area contributed by atoms with E-state index in [0.717, 1.165) is 36.7 Å². The highest BCUT2D eigenvalue weighted by Gasteiger charge is 2.37. The zero-order chi connectivity index (χ0) is 20.4. The average Bonchev–Trinajstić information content (AvgIpc) is 3.52. The molecule has 0 bridgehead atoms. The molecule has 0 aromatic heterocycles. The number of nitrogens with zero attached hydrogens (tertiary/aromatic N) is 2. The Labute approximate surface area is 172 Å². The number of anilines is 1. The van der Waals surface area contributed by atoms with Gasteiger partial charge in [0.25, 0.3) is 0 Å². The molecular weight excluding hydrogens is 366 g/mol. The molecule has 1 saturated carbocycles. The average molecular weight is 398 g/mol. The predicted molar refractivity (Wildman–Crippen MR) is 113 cm³/mol. The van der Waals surface area contributed by atoms with Gasteiger partial charge in [0.1, 0.15) is 0 Å². The zero-order valence-corrected chi connectivity index (χ0v) is 17.1. The number of piperazine rings is 1. The highest BCUT2D eigenvalue weighted by molar-refractivity contribution is 5.87. The molecule has 2 aliphatic heterocycles. The Hall–Kier alpha value is -2.38. The number of benzene rings is 1. The van der Waals surface area contributed by atoms with Crippen molar-refractivity contribution in [2.24, 2.45) is 5.92 Å². The van der Waals surface area contributed by atoms with Crippen LogP contribution in [-0.2, 0) is 9.59 Å². The summed E-state index contributed by atoms with van der Waals surface area (Å²) in [5, 5.41) is 3.12. The molecule has 3 N–H and O–H groups in total. The number of rotatable bonds is 6. The Bertz CT molecular complexity index is 753. The highest BCUT2D eigenvalue weighted by atomic mass is 16.2. The SMILES string of the molecule is C=CC(=O)N1CCN(c2ccc(C(C)C(=O)NC3CC(C4CC4)NN3)cc2)CC1. The van der Waals surface area contributed by atoms with E-state index in [0.29, 0.717) is 19.1 Å². The maximum Gasteiger partial charge on any atom is 0.246 e. The van der Waals surface area contributed by atoms with E-state index in [1.165, 1.54) is 18.9 Å². The Morgan fingerprint density at radius 3 is 2.45 bits per heavy atom. The molecule has 1 aromatic rings. The van der Waals surface area contributed by atoms with Gasteiger partial charge in [0.15, 0.2) is 0 Å². The van der Waals surface area contributed by atoms with Crippen LogP contribution in [-0.4, -0.2) is 55.1 Å². The van der Waals surface area contributed by atoms with E-state index in [4.69, 9.17) is 0 Å². The number of amides is 2. The van der Waals surface area contributed by atoms with Crippen LogP contribution >= 0.6 is 0 Å². The molecule has 1 aromatic carbocycles. The van der Waals surface area contributed by atoms with E-state index < -0.39 is 0 Å². The molecule has 3 fully saturated rings. The summed E-state index contributed by atoms with van der Waals surface area (Å²) in [6.07, 6.45) is 4.91. The fourth-order valence-electron chi connectivity index (χ4n) is 4.22. The molecule has 2 heterocycles. The fraction of sp³-hybridized carbons (Fsp3) is 0.545. The van der Waals surface area contributed by atoms with Crippen molar-refractivity contribution < 1.29 is 9.59 Å². The van der Waals surface area contributed by atoms with Gasteiger partial charge in [-0.3, -0.25) is 15.0 Å². The van der Waals surface area contributed by atoms with Gasteiger partial charge in [0, 0.05) is 37.9 Å². The van der Waals surface area contributed by atoms with Gasteiger partial charge in [-0.05, 0) is 55.9 Å². The molecule has 3 aliphatic rings. The predicted octanol–water partition coefficient (Wildman–Crippen LogP) is 1.34. The number of carbonyl (C=O) groups excluding carboxylic acids is 2. The van der Waals surface area contributed by atoms with Gasteiger partial charge in [-0.25, -0.2) is 5.43 Å². The van der Waals surface area contributed by atoms with Crippen LogP contribution in [0.1, 0.15) is 37.7 Å². The van der Waals surface area contributed by atoms with Gasteiger partial charge in [-0.15, -0.1) is 0 Å². The number of hydrogen-bond donors (Lipinski definition) is 3. The van der Waals surface area contributed by atoms with Crippen LogP contribution in [0.15, 0.2) is 36.9 Å². The second-order valence-electron chi connectivity index (χ2n) is 8.36. The Balaban J connectivity index is 1.28. The van der Waals surface area contributed by atoms with E-state index in [1.54, 1.807) is 0 Å². The minimum absolute atomic E-state index is 0.00407. The molecule has 0 spiro atoms. The molecule has 156 valence electrons. The van der Waals surface area contributed by atoms with Crippen LogP contribution in [0.25, 0.3) is 0 Å². The number of nitrogens with one attached hydrogen (secondary N) is 3. The van der Waals surface area contributed by atoms with Gasteiger partial charge in [0.05, 0.1) is 12.1 Å². The molecule has 7 heteroatoms. The molecule has 2 amide bonds. The molecule has 3 unspecified atom stereocenters. The van der Waals surface area contributed by atoms with Crippen LogP contribution in [0.4, 0.5) is 5.69 Å². The van der Waals surface area contributed by atoms with Gasteiger partial charge < -0.3 is 15.1 Å². The molecule has 29 heavy (non-hydrogen) atoms. The van der Waals surface area contributed by atoms with E-state index >= 15 is 0 Å². The maximum absolute atomic E-state index is 12.7. The first-order valence-electron chi connectivity index (χ1n) is 10.6. The van der Waals surface area contributed by atoms with Crippen LogP contribution < -0.4 is 21.1 Å². The summed E-state index contributed by atoms with van der Waals surface area (Å²) in [5.74, 6) is 0.610. The van der Waals surface area contributed by atoms with E-state index in [2.05, 4.69) is 39.8 Å². The summed E-state index contributed by atoms with van der Waals surface area (Å²) in [7, 11) is 0. The van der Waals surface area contributed by atoms with Crippen molar-refractivity contribution in [3.8, 4) is 0 Å². The maximum atomic E-state index is 12.7. The van der Waals surface area contributed by atoms with Crippen LogP contribution in [0, 0.1) is 5.92 Å². The minimum Gasteiger partial charge on any atom is -0.368 e. The molecule has 0 radical (unpaired) electrons. The van der Waals surface area contributed by atoms with Gasteiger partial charge in [-0.2, -0.15) is 0 Å². The van der Waals surface area contributed by atoms with E-state index in [-0.39, 0.29) is 23.9 Å². The van der Waals surface area contributed by atoms with Gasteiger partial charge in [-0.1, -0.05) is 18.7 Å². The second kappa shape index (κ2) is 8.55. The lowest BCUT2D eigenvalue weighted by molar-refractivity contribution is -0.126. The number of carbonyl (C=O) groups is 2. The van der Waals surface area contributed by atoms with Crippen molar-refractivity contribution in [1.82, 2.24) is 21.1 Å². The lowest BCUT2D eigenvalue weighted by Gasteiger charge is -2.35. The van der Waals surface area contributed by atoms with Crippen LogP contribution in [0.2, 0.25) is 0 Å². The summed E-state index contributed by atoms with van der Waals surface area (Å²) in [6, 6.07) is 8.70. The monoisotopic (exact) mass is 397 g/mol. The molecule has 7 nitrogen and oxygen atoms in total. The highest BCUT2D eigenvalue weighted by Crippen LogP contribution is 2.35. The smallest absolute Gasteiger partial charge is 0.246 e. The first-order valence-corrected chi connectivity index (χ1v) is 10.6. The van der Waals surface area contributed by atoms with E-state index in [9.17, 15) is 9.59 Å². The van der Waals surface area contributed by atoms with Crippen molar-refractivity contribution in [3.63, 3.8) is 0 Å². The third-order valence-electron chi connectivity index (χ3n) is 6.36. The Kier molecular flexibility index (Phi) is 5.87. The van der Waals surface area contributed by atoms with Crippen molar-refractivity contribution in [1.29, 1.82) is 0 Å². The molecule has 1 aliphatic carbocycles. The van der Waals surface area contributed by atoms with Crippen molar-refractivity contribution in [2.75, 3.05) is 31.1 Å². The first kappa shape index (κ1) is 19.9. The topological polar surface area (TPSA) is 76.7 Å². The quantitative estimate of drug-likeness (QED) is 0.632. The normalized spacial score (nSPS) is 25.6. The lowest BCUT2D eigenvalue weighted by Crippen LogP contribution is -2.48. The number of hydrazine groups is 1. The Morgan fingerprint density at radius 1 is 1.14 bits per heavy atom. The number of hydrogen-bond acceptors (Lipinski definition) is 5. The summed E-state index contributed by atoms with van der Waals surface area (Å²) in [6.45, 7) is 8.52. The van der Waals surface area contributed by atoms with Crippen LogP contribution in [0.3, 0.4) is 0 Å².